The van der Waals surface area contributed by atoms with Gasteiger partial charge in [-0.25, -0.2) is 0 Å². The standard InChI is InChI=1S/C15H16/c1-3-11-13-9-8-10(2)15(11)14-7-5-4-6-12(13)14/h3-8,11,13,15H,1,9H2,2H3. The van der Waals surface area contributed by atoms with Gasteiger partial charge in [-0.3, -0.25) is 0 Å². The number of hydrogen-bond donors (Lipinski definition) is 0. The van der Waals surface area contributed by atoms with Crippen molar-refractivity contribution in [3.8, 4) is 0 Å². The molecule has 0 aliphatic heterocycles. The second-order valence-corrected chi connectivity index (χ2v) is 4.71. The Morgan fingerprint density at radius 2 is 2.00 bits per heavy atom. The summed E-state index contributed by atoms with van der Waals surface area (Å²) in [4.78, 5) is 0. The van der Waals surface area contributed by atoms with E-state index in [2.05, 4.69) is 49.9 Å². The van der Waals surface area contributed by atoms with Crippen LogP contribution in [0.25, 0.3) is 0 Å². The molecule has 0 amide bonds. The summed E-state index contributed by atoms with van der Waals surface area (Å²) < 4.78 is 0. The lowest BCUT2D eigenvalue weighted by Crippen LogP contribution is -2.14. The van der Waals surface area contributed by atoms with E-state index in [0.717, 1.165) is 0 Å². The first-order valence-corrected chi connectivity index (χ1v) is 5.71. The molecule has 76 valence electrons. The zero-order chi connectivity index (χ0) is 10.4. The van der Waals surface area contributed by atoms with Crippen LogP contribution in [0.3, 0.4) is 0 Å². The smallest absolute Gasteiger partial charge is 0.0117 e. The van der Waals surface area contributed by atoms with E-state index in [1.807, 2.05) is 0 Å². The van der Waals surface area contributed by atoms with Gasteiger partial charge in [-0.15, -0.1) is 6.58 Å². The molecule has 0 aromatic heterocycles. The number of fused-ring (bicyclic) bond motifs is 5. The summed E-state index contributed by atoms with van der Waals surface area (Å²) in [6.07, 6.45) is 5.76. The molecule has 1 aromatic carbocycles. The molecule has 15 heavy (non-hydrogen) atoms. The lowest BCUT2D eigenvalue weighted by Gasteiger charge is -2.27. The van der Waals surface area contributed by atoms with Crippen molar-refractivity contribution in [2.45, 2.75) is 25.2 Å². The highest BCUT2D eigenvalue weighted by Gasteiger charge is 2.41. The molecule has 0 saturated carbocycles. The predicted octanol–water partition coefficient (Wildman–Crippen LogP) is 4.02. The van der Waals surface area contributed by atoms with Crippen LogP contribution in [-0.2, 0) is 0 Å². The Morgan fingerprint density at radius 3 is 2.73 bits per heavy atom. The average Bonchev–Trinajstić information content (AvgIpc) is 2.52. The first-order valence-electron chi connectivity index (χ1n) is 5.71. The third-order valence-corrected chi connectivity index (χ3v) is 4.04. The van der Waals surface area contributed by atoms with Crippen LogP contribution in [0.15, 0.2) is 48.6 Å². The van der Waals surface area contributed by atoms with Crippen molar-refractivity contribution in [3.63, 3.8) is 0 Å². The Balaban J connectivity index is 2.21. The van der Waals surface area contributed by atoms with Crippen molar-refractivity contribution in [1.29, 1.82) is 0 Å². The maximum Gasteiger partial charge on any atom is 0.0117 e. The largest absolute Gasteiger partial charge is 0.103 e. The van der Waals surface area contributed by atoms with Crippen LogP contribution in [0.1, 0.15) is 36.3 Å². The van der Waals surface area contributed by atoms with Gasteiger partial charge in [0, 0.05) is 5.92 Å². The minimum Gasteiger partial charge on any atom is -0.103 e. The van der Waals surface area contributed by atoms with Gasteiger partial charge >= 0.3 is 0 Å². The Hall–Kier alpha value is -1.30. The van der Waals surface area contributed by atoms with E-state index >= 15 is 0 Å². The number of hydrogen-bond acceptors (Lipinski definition) is 0. The summed E-state index contributed by atoms with van der Waals surface area (Å²) in [6.45, 7) is 6.28. The van der Waals surface area contributed by atoms with Gasteiger partial charge in [0.25, 0.3) is 0 Å². The van der Waals surface area contributed by atoms with Crippen molar-refractivity contribution in [2.75, 3.05) is 0 Å². The maximum absolute atomic E-state index is 4.02. The molecule has 0 spiro atoms. The Morgan fingerprint density at radius 1 is 1.27 bits per heavy atom. The summed E-state index contributed by atoms with van der Waals surface area (Å²) in [6, 6.07) is 8.91. The van der Waals surface area contributed by atoms with Gasteiger partial charge in [-0.1, -0.05) is 42.0 Å². The Bertz CT molecular complexity index is 439. The monoisotopic (exact) mass is 196 g/mol. The lowest BCUT2D eigenvalue weighted by molar-refractivity contribution is 0.481. The molecular weight excluding hydrogens is 180 g/mol. The van der Waals surface area contributed by atoms with Crippen LogP contribution in [0.4, 0.5) is 0 Å². The van der Waals surface area contributed by atoms with E-state index in [-0.39, 0.29) is 0 Å². The van der Waals surface area contributed by atoms with Gasteiger partial charge in [-0.05, 0) is 36.3 Å². The number of benzene rings is 1. The van der Waals surface area contributed by atoms with Crippen molar-refractivity contribution >= 4 is 0 Å². The summed E-state index contributed by atoms with van der Waals surface area (Å²) >= 11 is 0. The first kappa shape index (κ1) is 8.96. The molecule has 0 nitrogen and oxygen atoms in total. The summed E-state index contributed by atoms with van der Waals surface area (Å²) in [7, 11) is 0. The van der Waals surface area contributed by atoms with Crippen molar-refractivity contribution < 1.29 is 0 Å². The quantitative estimate of drug-likeness (QED) is 0.595. The van der Waals surface area contributed by atoms with E-state index in [0.29, 0.717) is 17.8 Å². The second-order valence-electron chi connectivity index (χ2n) is 4.71. The molecule has 0 radical (unpaired) electrons. The average molecular weight is 196 g/mol. The Labute approximate surface area is 91.3 Å². The minimum absolute atomic E-state index is 0.609. The summed E-state index contributed by atoms with van der Waals surface area (Å²) in [5.41, 5.74) is 4.63. The van der Waals surface area contributed by atoms with E-state index < -0.39 is 0 Å². The van der Waals surface area contributed by atoms with Crippen molar-refractivity contribution in [2.24, 2.45) is 5.92 Å². The molecule has 3 unspecified atom stereocenters. The summed E-state index contributed by atoms with van der Waals surface area (Å²) in [5.74, 6) is 1.93. The van der Waals surface area contributed by atoms with Gasteiger partial charge in [0.15, 0.2) is 0 Å². The van der Waals surface area contributed by atoms with Crippen LogP contribution in [0.2, 0.25) is 0 Å². The normalized spacial score (nSPS) is 32.1. The zero-order valence-corrected chi connectivity index (χ0v) is 9.11. The van der Waals surface area contributed by atoms with E-state index in [1.165, 1.54) is 12.0 Å². The van der Waals surface area contributed by atoms with Crippen LogP contribution in [-0.4, -0.2) is 0 Å². The highest BCUT2D eigenvalue weighted by Crippen LogP contribution is 2.54. The second kappa shape index (κ2) is 3.10. The molecule has 2 aliphatic rings. The molecule has 0 heterocycles. The highest BCUT2D eigenvalue weighted by atomic mass is 14.4. The molecule has 2 bridgehead atoms. The maximum atomic E-state index is 4.02. The molecule has 2 aliphatic carbocycles. The van der Waals surface area contributed by atoms with Crippen LogP contribution in [0.5, 0.6) is 0 Å². The Kier molecular flexibility index (Phi) is 1.85. The minimum atomic E-state index is 0.609. The van der Waals surface area contributed by atoms with Crippen LogP contribution >= 0.6 is 0 Å². The van der Waals surface area contributed by atoms with Crippen LogP contribution < -0.4 is 0 Å². The summed E-state index contributed by atoms with van der Waals surface area (Å²) in [5, 5.41) is 0. The fourth-order valence-electron chi connectivity index (χ4n) is 3.35. The SMILES string of the molecule is C=CC1C2CC=C(C)C1c1ccccc12. The number of rotatable bonds is 1. The van der Waals surface area contributed by atoms with Gasteiger partial charge in [0.2, 0.25) is 0 Å². The van der Waals surface area contributed by atoms with E-state index in [9.17, 15) is 0 Å². The third-order valence-electron chi connectivity index (χ3n) is 4.04. The third kappa shape index (κ3) is 1.08. The molecule has 0 saturated heterocycles. The zero-order valence-electron chi connectivity index (χ0n) is 9.11. The lowest BCUT2D eigenvalue weighted by atomic mass is 9.77. The molecule has 0 N–H and O–H groups in total. The molecule has 0 heteroatoms. The van der Waals surface area contributed by atoms with E-state index in [1.54, 1.807) is 11.1 Å². The number of allylic oxidation sites excluding steroid dienone is 3. The molecule has 3 rings (SSSR count). The van der Waals surface area contributed by atoms with Crippen LogP contribution in [0, 0.1) is 5.92 Å². The van der Waals surface area contributed by atoms with E-state index in [4.69, 9.17) is 0 Å². The first-order chi connectivity index (χ1) is 7.33. The van der Waals surface area contributed by atoms with Crippen molar-refractivity contribution in [3.05, 3.63) is 59.7 Å². The molecular formula is C15H16. The highest BCUT2D eigenvalue weighted by molar-refractivity contribution is 5.48. The fraction of sp³-hybridized carbons (Fsp3) is 0.333. The van der Waals surface area contributed by atoms with Gasteiger partial charge < -0.3 is 0 Å². The van der Waals surface area contributed by atoms with Gasteiger partial charge in [0.1, 0.15) is 0 Å². The van der Waals surface area contributed by atoms with Gasteiger partial charge in [0.05, 0.1) is 0 Å². The fourth-order valence-corrected chi connectivity index (χ4v) is 3.35. The topological polar surface area (TPSA) is 0 Å². The molecule has 3 atom stereocenters. The predicted molar refractivity (Wildman–Crippen MR) is 64.0 cm³/mol. The van der Waals surface area contributed by atoms with Gasteiger partial charge in [-0.2, -0.15) is 0 Å². The molecule has 0 fully saturated rings. The van der Waals surface area contributed by atoms with Crippen molar-refractivity contribution in [1.82, 2.24) is 0 Å². The molecule has 1 aromatic rings.